The number of hydrogen-bond acceptors (Lipinski definition) is 5. The van der Waals surface area contributed by atoms with Crippen molar-refractivity contribution in [3.8, 4) is 5.75 Å². The molecule has 1 aromatic carbocycles. The van der Waals surface area contributed by atoms with Crippen molar-refractivity contribution in [2.24, 2.45) is 0 Å². The maximum absolute atomic E-state index is 11.3. The van der Waals surface area contributed by atoms with Crippen LogP contribution < -0.4 is 9.64 Å². The van der Waals surface area contributed by atoms with Crippen molar-refractivity contribution < 1.29 is 14.8 Å². The third kappa shape index (κ3) is 3.57. The van der Waals surface area contributed by atoms with E-state index in [2.05, 4.69) is 0 Å². The average Bonchev–Trinajstić information content (AvgIpc) is 2.35. The molecule has 0 saturated carbocycles. The first-order valence-electron chi connectivity index (χ1n) is 6.16. The van der Waals surface area contributed by atoms with Gasteiger partial charge in [0.2, 0.25) is 0 Å². The van der Waals surface area contributed by atoms with E-state index in [0.717, 1.165) is 0 Å². The Bertz CT molecular complexity index is 448. The molecule has 0 aromatic heterocycles. The van der Waals surface area contributed by atoms with Crippen LogP contribution in [0.4, 0.5) is 11.4 Å². The normalized spacial score (nSPS) is 12.3. The molecule has 0 aliphatic rings. The monoisotopic (exact) mass is 268 g/mol. The summed E-state index contributed by atoms with van der Waals surface area (Å²) in [6.07, 6.45) is -0.144. The number of nitro benzene ring substituents is 1. The number of para-hydroxylation sites is 1. The number of benzene rings is 1. The van der Waals surface area contributed by atoms with E-state index in [9.17, 15) is 10.1 Å². The third-order valence-corrected chi connectivity index (χ3v) is 2.83. The van der Waals surface area contributed by atoms with E-state index < -0.39 is 4.92 Å². The van der Waals surface area contributed by atoms with Crippen molar-refractivity contribution in [3.63, 3.8) is 0 Å². The predicted octanol–water partition coefficient (Wildman–Crippen LogP) is 2.20. The maximum atomic E-state index is 11.3. The van der Waals surface area contributed by atoms with Crippen LogP contribution in [0.25, 0.3) is 0 Å². The topological polar surface area (TPSA) is 75.8 Å². The van der Waals surface area contributed by atoms with E-state index in [0.29, 0.717) is 5.69 Å². The lowest BCUT2D eigenvalue weighted by Gasteiger charge is -2.25. The minimum Gasteiger partial charge on any atom is -0.484 e. The van der Waals surface area contributed by atoms with Crippen molar-refractivity contribution in [1.82, 2.24) is 0 Å². The SMILES string of the molecule is CC(C)Oc1cccc(N(C)C(C)CO)c1[N+](=O)[O-]. The van der Waals surface area contributed by atoms with Gasteiger partial charge in [-0.25, -0.2) is 0 Å². The summed E-state index contributed by atoms with van der Waals surface area (Å²) in [5, 5.41) is 20.4. The molecule has 106 valence electrons. The Morgan fingerprint density at radius 3 is 2.53 bits per heavy atom. The van der Waals surface area contributed by atoms with Crippen molar-refractivity contribution in [3.05, 3.63) is 28.3 Å². The lowest BCUT2D eigenvalue weighted by Crippen LogP contribution is -2.32. The zero-order valence-electron chi connectivity index (χ0n) is 11.7. The molecule has 0 fully saturated rings. The molecular formula is C13H20N2O4. The minimum atomic E-state index is -0.451. The van der Waals surface area contributed by atoms with Gasteiger partial charge in [0.25, 0.3) is 0 Å². The molecular weight excluding hydrogens is 248 g/mol. The fourth-order valence-electron chi connectivity index (χ4n) is 1.69. The predicted molar refractivity (Wildman–Crippen MR) is 73.8 cm³/mol. The van der Waals surface area contributed by atoms with Gasteiger partial charge in [0.05, 0.1) is 17.6 Å². The number of likely N-dealkylation sites (N-methyl/N-ethyl adjacent to an activating group) is 1. The van der Waals surface area contributed by atoms with Crippen LogP contribution in [-0.2, 0) is 0 Å². The van der Waals surface area contributed by atoms with Crippen LogP contribution in [0.15, 0.2) is 18.2 Å². The summed E-state index contributed by atoms with van der Waals surface area (Å²) in [6.45, 7) is 5.34. The van der Waals surface area contributed by atoms with Crippen molar-refractivity contribution in [2.75, 3.05) is 18.6 Å². The Morgan fingerprint density at radius 2 is 2.05 bits per heavy atom. The van der Waals surface area contributed by atoms with Crippen molar-refractivity contribution in [2.45, 2.75) is 32.9 Å². The summed E-state index contributed by atoms with van der Waals surface area (Å²) in [5.74, 6) is 0.245. The summed E-state index contributed by atoms with van der Waals surface area (Å²) < 4.78 is 5.48. The zero-order valence-corrected chi connectivity index (χ0v) is 11.7. The van der Waals surface area contributed by atoms with Crippen molar-refractivity contribution >= 4 is 11.4 Å². The first-order valence-corrected chi connectivity index (χ1v) is 6.16. The van der Waals surface area contributed by atoms with Gasteiger partial charge in [-0.05, 0) is 32.9 Å². The molecule has 0 aliphatic heterocycles. The van der Waals surface area contributed by atoms with Gasteiger partial charge in [0.15, 0.2) is 5.75 Å². The highest BCUT2D eigenvalue weighted by Gasteiger charge is 2.25. The molecule has 0 bridgehead atoms. The van der Waals surface area contributed by atoms with Crippen LogP contribution in [0.3, 0.4) is 0 Å². The summed E-state index contributed by atoms with van der Waals surface area (Å²) in [7, 11) is 1.71. The second-order valence-electron chi connectivity index (χ2n) is 4.69. The zero-order chi connectivity index (χ0) is 14.6. The van der Waals surface area contributed by atoms with Gasteiger partial charge in [-0.3, -0.25) is 10.1 Å². The van der Waals surface area contributed by atoms with Gasteiger partial charge in [-0.1, -0.05) is 6.07 Å². The van der Waals surface area contributed by atoms with Crippen LogP contribution >= 0.6 is 0 Å². The van der Waals surface area contributed by atoms with E-state index in [-0.39, 0.29) is 30.2 Å². The number of nitro groups is 1. The van der Waals surface area contributed by atoms with E-state index in [1.165, 1.54) is 0 Å². The highest BCUT2D eigenvalue weighted by atomic mass is 16.6. The van der Waals surface area contributed by atoms with Crippen LogP contribution in [0.1, 0.15) is 20.8 Å². The molecule has 1 N–H and O–H groups in total. The lowest BCUT2D eigenvalue weighted by atomic mass is 10.2. The van der Waals surface area contributed by atoms with E-state index in [1.54, 1.807) is 37.1 Å². The maximum Gasteiger partial charge on any atom is 0.333 e. The van der Waals surface area contributed by atoms with Gasteiger partial charge >= 0.3 is 5.69 Å². The molecule has 0 heterocycles. The number of nitrogens with zero attached hydrogens (tertiary/aromatic N) is 2. The van der Waals surface area contributed by atoms with Crippen LogP contribution in [0.5, 0.6) is 5.75 Å². The van der Waals surface area contributed by atoms with Gasteiger partial charge in [0, 0.05) is 13.1 Å². The Kier molecular flexibility index (Phi) is 5.11. The molecule has 1 rings (SSSR count). The summed E-state index contributed by atoms with van der Waals surface area (Å²) in [4.78, 5) is 12.5. The summed E-state index contributed by atoms with van der Waals surface area (Å²) >= 11 is 0. The van der Waals surface area contributed by atoms with E-state index in [1.807, 2.05) is 13.8 Å². The molecule has 1 atom stereocenters. The number of rotatable bonds is 6. The minimum absolute atomic E-state index is 0.0704. The molecule has 0 aliphatic carbocycles. The highest BCUT2D eigenvalue weighted by Crippen LogP contribution is 2.37. The number of aliphatic hydroxyl groups excluding tert-OH is 1. The van der Waals surface area contributed by atoms with Crippen molar-refractivity contribution in [1.29, 1.82) is 0 Å². The first kappa shape index (κ1) is 15.2. The molecule has 6 heteroatoms. The molecule has 0 radical (unpaired) electrons. The molecule has 0 amide bonds. The van der Waals surface area contributed by atoms with Crippen LogP contribution in [-0.4, -0.2) is 35.8 Å². The van der Waals surface area contributed by atoms with Crippen LogP contribution in [0, 0.1) is 10.1 Å². The third-order valence-electron chi connectivity index (χ3n) is 2.83. The van der Waals surface area contributed by atoms with Gasteiger partial charge in [-0.15, -0.1) is 0 Å². The smallest absolute Gasteiger partial charge is 0.333 e. The molecule has 6 nitrogen and oxygen atoms in total. The Balaban J connectivity index is 3.27. The quantitative estimate of drug-likeness (QED) is 0.632. The second kappa shape index (κ2) is 6.38. The molecule has 0 spiro atoms. The fourth-order valence-corrected chi connectivity index (χ4v) is 1.69. The molecule has 1 unspecified atom stereocenters. The van der Waals surface area contributed by atoms with Gasteiger partial charge < -0.3 is 14.7 Å². The van der Waals surface area contributed by atoms with E-state index >= 15 is 0 Å². The number of hydrogen-bond donors (Lipinski definition) is 1. The Labute approximate surface area is 112 Å². The fraction of sp³-hybridized carbons (Fsp3) is 0.538. The summed E-state index contributed by atoms with van der Waals surface area (Å²) in [5.41, 5.74) is 0.365. The number of aliphatic hydroxyl groups is 1. The average molecular weight is 268 g/mol. The number of anilines is 1. The van der Waals surface area contributed by atoms with Gasteiger partial charge in [-0.2, -0.15) is 0 Å². The Hall–Kier alpha value is -1.82. The number of ether oxygens (including phenoxy) is 1. The van der Waals surface area contributed by atoms with E-state index in [4.69, 9.17) is 9.84 Å². The lowest BCUT2D eigenvalue weighted by molar-refractivity contribution is -0.385. The molecule has 1 aromatic rings. The largest absolute Gasteiger partial charge is 0.484 e. The first-order chi connectivity index (χ1) is 8.88. The summed E-state index contributed by atoms with van der Waals surface area (Å²) in [6, 6.07) is 4.73. The van der Waals surface area contributed by atoms with Gasteiger partial charge in [0.1, 0.15) is 5.69 Å². The standard InChI is InChI=1S/C13H20N2O4/c1-9(2)19-12-7-5-6-11(13(12)15(17)18)14(4)10(3)8-16/h5-7,9-10,16H,8H2,1-4H3. The Morgan fingerprint density at radius 1 is 1.42 bits per heavy atom. The molecule has 0 saturated heterocycles. The second-order valence-corrected chi connectivity index (χ2v) is 4.69. The van der Waals surface area contributed by atoms with Crippen LogP contribution in [0.2, 0.25) is 0 Å². The highest BCUT2D eigenvalue weighted by molar-refractivity contribution is 5.69. The molecule has 19 heavy (non-hydrogen) atoms.